The number of rotatable bonds is 4. The monoisotopic (exact) mass is 287 g/mol. The van der Waals surface area contributed by atoms with Crippen LogP contribution in [0, 0.1) is 13.8 Å². The Kier molecular flexibility index (Phi) is 4.62. The zero-order valence-electron chi connectivity index (χ0n) is 12.9. The number of carbonyl (C=O) groups excluding carboxylic acids is 1. The first-order valence-electron chi connectivity index (χ1n) is 7.06. The number of methoxy groups -OCH3 is 1. The zero-order chi connectivity index (χ0) is 15.4. The normalized spacial score (nSPS) is 10.5. The molecule has 0 bridgehead atoms. The highest BCUT2D eigenvalue weighted by atomic mass is 16.5. The molecule has 5 nitrogen and oxygen atoms in total. The van der Waals surface area contributed by atoms with E-state index < -0.39 is 6.09 Å². The van der Waals surface area contributed by atoms with Crippen LogP contribution in [0.2, 0.25) is 0 Å². The van der Waals surface area contributed by atoms with Gasteiger partial charge in [0.1, 0.15) is 5.69 Å². The molecule has 21 heavy (non-hydrogen) atoms. The molecule has 0 saturated heterocycles. The first-order chi connectivity index (χ1) is 10.1. The summed E-state index contributed by atoms with van der Waals surface area (Å²) in [6.07, 6.45) is 1.29. The van der Waals surface area contributed by atoms with Crippen molar-refractivity contribution in [1.29, 1.82) is 0 Å². The maximum absolute atomic E-state index is 11.6. The maximum atomic E-state index is 11.6. The predicted molar refractivity (Wildman–Crippen MR) is 83.5 cm³/mol. The molecular formula is C16H21N3O2. The van der Waals surface area contributed by atoms with Crippen LogP contribution in [0.4, 0.5) is 10.5 Å². The van der Waals surface area contributed by atoms with Gasteiger partial charge in [-0.3, -0.25) is 10.4 Å². The summed E-state index contributed by atoms with van der Waals surface area (Å²) in [5.41, 5.74) is 5.70. The Labute approximate surface area is 124 Å². The van der Waals surface area contributed by atoms with Crippen LogP contribution < -0.4 is 5.32 Å². The van der Waals surface area contributed by atoms with E-state index >= 15 is 0 Å². The molecule has 0 aliphatic carbocycles. The van der Waals surface area contributed by atoms with E-state index in [9.17, 15) is 4.79 Å². The van der Waals surface area contributed by atoms with Crippen LogP contribution >= 0.6 is 0 Å². The molecule has 0 fully saturated rings. The number of hydrogen-bond donors (Lipinski definition) is 2. The topological polar surface area (TPSA) is 67.0 Å². The molecule has 2 N–H and O–H groups in total. The van der Waals surface area contributed by atoms with Crippen LogP contribution in [0.15, 0.2) is 18.2 Å². The van der Waals surface area contributed by atoms with Crippen molar-refractivity contribution >= 4 is 11.8 Å². The van der Waals surface area contributed by atoms with Gasteiger partial charge in [-0.05, 0) is 25.8 Å². The Balaban J connectivity index is 2.49. The quantitative estimate of drug-likeness (QED) is 0.898. The lowest BCUT2D eigenvalue weighted by molar-refractivity contribution is 0.187. The molecule has 0 spiro atoms. The van der Waals surface area contributed by atoms with Gasteiger partial charge in [-0.2, -0.15) is 5.10 Å². The fourth-order valence-corrected chi connectivity index (χ4v) is 2.37. The van der Waals surface area contributed by atoms with E-state index in [0.29, 0.717) is 5.69 Å². The molecule has 0 aliphatic heterocycles. The summed E-state index contributed by atoms with van der Waals surface area (Å²) in [6.45, 7) is 6.18. The lowest BCUT2D eigenvalue weighted by atomic mass is 10.0. The van der Waals surface area contributed by atoms with Crippen molar-refractivity contribution in [2.75, 3.05) is 12.4 Å². The Hall–Kier alpha value is -2.30. The molecule has 0 aliphatic rings. The summed E-state index contributed by atoms with van der Waals surface area (Å²) in [4.78, 5) is 11.6. The second-order valence-electron chi connectivity index (χ2n) is 5.11. The van der Waals surface area contributed by atoms with Gasteiger partial charge in [0.2, 0.25) is 0 Å². The number of nitrogens with zero attached hydrogens (tertiary/aromatic N) is 1. The third-order valence-electron chi connectivity index (χ3n) is 3.39. The number of carbonyl (C=O) groups is 1. The van der Waals surface area contributed by atoms with Crippen LogP contribution in [-0.2, 0) is 11.2 Å². The Bertz CT molecular complexity index is 647. The highest BCUT2D eigenvalue weighted by molar-refractivity contribution is 5.91. The van der Waals surface area contributed by atoms with E-state index in [1.54, 1.807) is 0 Å². The number of H-pyrrole nitrogens is 1. The molecule has 0 radical (unpaired) electrons. The van der Waals surface area contributed by atoms with Crippen LogP contribution in [0.5, 0.6) is 0 Å². The van der Waals surface area contributed by atoms with Gasteiger partial charge < -0.3 is 4.74 Å². The third-order valence-corrected chi connectivity index (χ3v) is 3.39. The summed E-state index contributed by atoms with van der Waals surface area (Å²) in [5.74, 6) is 0. The maximum Gasteiger partial charge on any atom is 0.411 e. The van der Waals surface area contributed by atoms with Gasteiger partial charge in [0.25, 0.3) is 0 Å². The number of aromatic amines is 1. The zero-order valence-corrected chi connectivity index (χ0v) is 12.9. The van der Waals surface area contributed by atoms with Crippen molar-refractivity contribution in [2.24, 2.45) is 0 Å². The predicted octanol–water partition coefficient (Wildman–Crippen LogP) is 3.82. The van der Waals surface area contributed by atoms with E-state index in [1.807, 2.05) is 19.1 Å². The molecule has 1 aromatic carbocycles. The number of amides is 1. The second-order valence-corrected chi connectivity index (χ2v) is 5.11. The molecule has 0 unspecified atom stereocenters. The van der Waals surface area contributed by atoms with Gasteiger partial charge in [0.15, 0.2) is 0 Å². The molecule has 2 rings (SSSR count). The number of hydrogen-bond acceptors (Lipinski definition) is 3. The standard InChI is InChI=1S/C16H21N3O2/c1-5-6-13-15(17-16(20)21-4)14(19-18-13)12-8-7-10(2)9-11(12)3/h7-9H,5-6H2,1-4H3,(H,17,20)(H,18,19). The van der Waals surface area contributed by atoms with Crippen molar-refractivity contribution in [2.45, 2.75) is 33.6 Å². The van der Waals surface area contributed by atoms with Gasteiger partial charge >= 0.3 is 6.09 Å². The average Bonchev–Trinajstić information content (AvgIpc) is 2.82. The van der Waals surface area contributed by atoms with Crippen molar-refractivity contribution in [3.8, 4) is 11.3 Å². The molecule has 1 aromatic heterocycles. The summed E-state index contributed by atoms with van der Waals surface area (Å²) in [7, 11) is 1.35. The summed E-state index contributed by atoms with van der Waals surface area (Å²) < 4.78 is 4.71. The van der Waals surface area contributed by atoms with Gasteiger partial charge in [0, 0.05) is 5.56 Å². The van der Waals surface area contributed by atoms with Gasteiger partial charge in [-0.15, -0.1) is 0 Å². The Morgan fingerprint density at radius 1 is 1.38 bits per heavy atom. The van der Waals surface area contributed by atoms with E-state index in [0.717, 1.165) is 35.4 Å². The summed E-state index contributed by atoms with van der Waals surface area (Å²) in [5, 5.41) is 10.2. The van der Waals surface area contributed by atoms with Crippen LogP contribution in [0.1, 0.15) is 30.2 Å². The van der Waals surface area contributed by atoms with E-state index in [2.05, 4.69) is 35.4 Å². The largest absolute Gasteiger partial charge is 0.453 e. The van der Waals surface area contributed by atoms with Crippen LogP contribution in [0.25, 0.3) is 11.3 Å². The molecule has 1 amide bonds. The SMILES string of the molecule is CCCc1[nH]nc(-c2ccc(C)cc2C)c1NC(=O)OC. The molecular weight excluding hydrogens is 266 g/mol. The number of ether oxygens (including phenoxy) is 1. The fourth-order valence-electron chi connectivity index (χ4n) is 2.37. The van der Waals surface area contributed by atoms with Gasteiger partial charge in [0.05, 0.1) is 18.5 Å². The highest BCUT2D eigenvalue weighted by Crippen LogP contribution is 2.32. The van der Waals surface area contributed by atoms with Crippen molar-refractivity contribution in [1.82, 2.24) is 10.2 Å². The minimum Gasteiger partial charge on any atom is -0.453 e. The number of anilines is 1. The smallest absolute Gasteiger partial charge is 0.411 e. The van der Waals surface area contributed by atoms with E-state index in [4.69, 9.17) is 4.74 Å². The van der Waals surface area contributed by atoms with E-state index in [1.165, 1.54) is 12.7 Å². The minimum atomic E-state index is -0.486. The fraction of sp³-hybridized carbons (Fsp3) is 0.375. The van der Waals surface area contributed by atoms with E-state index in [-0.39, 0.29) is 0 Å². The number of aromatic nitrogens is 2. The lowest BCUT2D eigenvalue weighted by Gasteiger charge is -2.09. The van der Waals surface area contributed by atoms with Crippen molar-refractivity contribution < 1.29 is 9.53 Å². The molecule has 0 atom stereocenters. The van der Waals surface area contributed by atoms with Crippen LogP contribution in [-0.4, -0.2) is 23.4 Å². The summed E-state index contributed by atoms with van der Waals surface area (Å²) in [6, 6.07) is 6.17. The molecule has 112 valence electrons. The van der Waals surface area contributed by atoms with Gasteiger partial charge in [-0.1, -0.05) is 37.1 Å². The first-order valence-corrected chi connectivity index (χ1v) is 7.06. The minimum absolute atomic E-state index is 0.486. The second kappa shape index (κ2) is 6.43. The molecule has 2 aromatic rings. The lowest BCUT2D eigenvalue weighted by Crippen LogP contribution is -2.12. The third kappa shape index (κ3) is 3.24. The molecule has 5 heteroatoms. The number of aryl methyl sites for hydroxylation is 3. The highest BCUT2D eigenvalue weighted by Gasteiger charge is 2.18. The average molecular weight is 287 g/mol. The van der Waals surface area contributed by atoms with Gasteiger partial charge in [-0.25, -0.2) is 4.79 Å². The Morgan fingerprint density at radius 2 is 2.14 bits per heavy atom. The molecule has 1 heterocycles. The molecule has 0 saturated carbocycles. The number of nitrogens with one attached hydrogen (secondary N) is 2. The first kappa shape index (κ1) is 15.1. The summed E-state index contributed by atoms with van der Waals surface area (Å²) >= 11 is 0. The van der Waals surface area contributed by atoms with Crippen molar-refractivity contribution in [3.63, 3.8) is 0 Å². The Morgan fingerprint density at radius 3 is 2.76 bits per heavy atom. The van der Waals surface area contributed by atoms with Crippen LogP contribution in [0.3, 0.4) is 0 Å². The van der Waals surface area contributed by atoms with Crippen molar-refractivity contribution in [3.05, 3.63) is 35.0 Å². The number of benzene rings is 1.